The predicted molar refractivity (Wildman–Crippen MR) is 133 cm³/mol. The SMILES string of the molecule is Cc1sc(-c2ccccc2)nc1-c1ccc(NC(=O)C(C)N2C(=O)c3ccccc3C2=O)cc1. The lowest BCUT2D eigenvalue weighted by Crippen LogP contribution is -2.45. The van der Waals surface area contributed by atoms with Crippen molar-refractivity contribution in [2.75, 3.05) is 5.32 Å². The first-order valence-electron chi connectivity index (χ1n) is 10.8. The maximum absolute atomic E-state index is 12.8. The Kier molecular flexibility index (Phi) is 5.55. The average Bonchev–Trinajstić information content (AvgIpc) is 3.37. The quantitative estimate of drug-likeness (QED) is 0.398. The third kappa shape index (κ3) is 3.80. The summed E-state index contributed by atoms with van der Waals surface area (Å²) in [5.41, 5.74) is 4.15. The van der Waals surface area contributed by atoms with Gasteiger partial charge in [0, 0.05) is 21.7 Å². The molecule has 0 saturated carbocycles. The molecule has 0 spiro atoms. The van der Waals surface area contributed by atoms with Crippen LogP contribution in [-0.4, -0.2) is 33.6 Å². The molecular weight excluding hydrogens is 446 g/mol. The first kappa shape index (κ1) is 21.7. The molecule has 1 aromatic heterocycles. The number of benzene rings is 3. The molecule has 0 radical (unpaired) electrons. The normalized spacial score (nSPS) is 13.6. The lowest BCUT2D eigenvalue weighted by Gasteiger charge is -2.21. The van der Waals surface area contributed by atoms with Crippen LogP contribution in [0.4, 0.5) is 5.69 Å². The van der Waals surface area contributed by atoms with Gasteiger partial charge in [0.1, 0.15) is 11.0 Å². The van der Waals surface area contributed by atoms with Gasteiger partial charge in [0.2, 0.25) is 5.91 Å². The van der Waals surface area contributed by atoms with Crippen LogP contribution < -0.4 is 5.32 Å². The van der Waals surface area contributed by atoms with E-state index in [2.05, 4.69) is 5.32 Å². The van der Waals surface area contributed by atoms with E-state index >= 15 is 0 Å². The molecule has 34 heavy (non-hydrogen) atoms. The lowest BCUT2D eigenvalue weighted by molar-refractivity contribution is -0.119. The van der Waals surface area contributed by atoms with Crippen LogP contribution in [0.3, 0.4) is 0 Å². The maximum atomic E-state index is 12.8. The number of rotatable bonds is 5. The van der Waals surface area contributed by atoms with E-state index in [1.54, 1.807) is 54.7 Å². The Morgan fingerprint density at radius 1 is 0.853 bits per heavy atom. The number of carbonyl (C=O) groups is 3. The molecule has 1 unspecified atom stereocenters. The Hall–Kier alpha value is -4.10. The molecule has 1 aliphatic rings. The molecule has 4 aromatic rings. The fourth-order valence-electron chi connectivity index (χ4n) is 4.00. The predicted octanol–water partition coefficient (Wildman–Crippen LogP) is 5.41. The fraction of sp³-hybridized carbons (Fsp3) is 0.111. The summed E-state index contributed by atoms with van der Waals surface area (Å²) in [4.78, 5) is 45.1. The van der Waals surface area contributed by atoms with Crippen LogP contribution >= 0.6 is 11.3 Å². The standard InChI is InChI=1S/C27H21N3O3S/c1-16(30-26(32)21-10-6-7-11-22(21)27(30)33)24(31)28-20-14-12-18(13-15-20)23-17(2)34-25(29-23)19-8-4-3-5-9-19/h3-16H,1-2H3,(H,28,31). The Labute approximate surface area is 200 Å². The number of nitrogens with zero attached hydrogens (tertiary/aromatic N) is 2. The highest BCUT2D eigenvalue weighted by Crippen LogP contribution is 2.33. The van der Waals surface area contributed by atoms with E-state index in [9.17, 15) is 14.4 Å². The molecular formula is C27H21N3O3S. The van der Waals surface area contributed by atoms with E-state index in [0.29, 0.717) is 16.8 Å². The Bertz CT molecular complexity index is 1380. The molecule has 6 nitrogen and oxygen atoms in total. The number of imide groups is 1. The number of nitrogens with one attached hydrogen (secondary N) is 1. The van der Waals surface area contributed by atoms with Crippen molar-refractivity contribution in [2.45, 2.75) is 19.9 Å². The highest BCUT2D eigenvalue weighted by molar-refractivity contribution is 7.15. The van der Waals surface area contributed by atoms with Gasteiger partial charge in [-0.3, -0.25) is 19.3 Å². The van der Waals surface area contributed by atoms with Crippen molar-refractivity contribution in [1.82, 2.24) is 9.88 Å². The molecule has 5 rings (SSSR count). The highest BCUT2D eigenvalue weighted by atomic mass is 32.1. The second kappa shape index (κ2) is 8.68. The van der Waals surface area contributed by atoms with E-state index < -0.39 is 23.8 Å². The van der Waals surface area contributed by atoms with Crippen molar-refractivity contribution in [3.05, 3.63) is 94.9 Å². The molecule has 168 valence electrons. The van der Waals surface area contributed by atoms with Gasteiger partial charge in [0.05, 0.1) is 16.8 Å². The maximum Gasteiger partial charge on any atom is 0.262 e. The van der Waals surface area contributed by atoms with Gasteiger partial charge in [-0.1, -0.05) is 54.6 Å². The Morgan fingerprint density at radius 3 is 2.06 bits per heavy atom. The number of aryl methyl sites for hydroxylation is 1. The number of anilines is 1. The minimum atomic E-state index is -0.943. The lowest BCUT2D eigenvalue weighted by atomic mass is 10.1. The zero-order chi connectivity index (χ0) is 23.8. The summed E-state index contributed by atoms with van der Waals surface area (Å²) in [7, 11) is 0. The van der Waals surface area contributed by atoms with Crippen LogP contribution in [0.1, 0.15) is 32.5 Å². The van der Waals surface area contributed by atoms with Gasteiger partial charge in [-0.15, -0.1) is 11.3 Å². The Morgan fingerprint density at radius 2 is 1.44 bits per heavy atom. The van der Waals surface area contributed by atoms with Crippen molar-refractivity contribution >= 4 is 34.7 Å². The van der Waals surface area contributed by atoms with Gasteiger partial charge in [0.25, 0.3) is 11.8 Å². The number of thiazole rings is 1. The van der Waals surface area contributed by atoms with Crippen molar-refractivity contribution in [3.8, 4) is 21.8 Å². The van der Waals surface area contributed by atoms with Crippen molar-refractivity contribution in [3.63, 3.8) is 0 Å². The molecule has 1 aliphatic heterocycles. The number of hydrogen-bond donors (Lipinski definition) is 1. The molecule has 3 amide bonds. The van der Waals surface area contributed by atoms with E-state index in [1.165, 1.54) is 0 Å². The van der Waals surface area contributed by atoms with Gasteiger partial charge < -0.3 is 5.32 Å². The van der Waals surface area contributed by atoms with Crippen LogP contribution in [0.25, 0.3) is 21.8 Å². The van der Waals surface area contributed by atoms with Gasteiger partial charge >= 0.3 is 0 Å². The first-order valence-corrected chi connectivity index (χ1v) is 11.7. The molecule has 0 bridgehead atoms. The topological polar surface area (TPSA) is 79.4 Å². The summed E-state index contributed by atoms with van der Waals surface area (Å²) in [6.45, 7) is 3.59. The molecule has 7 heteroatoms. The summed E-state index contributed by atoms with van der Waals surface area (Å²) in [6.07, 6.45) is 0. The molecule has 1 N–H and O–H groups in total. The summed E-state index contributed by atoms with van der Waals surface area (Å²) in [6, 6.07) is 23.1. The average molecular weight is 468 g/mol. The van der Waals surface area contributed by atoms with Crippen LogP contribution in [0.5, 0.6) is 0 Å². The van der Waals surface area contributed by atoms with E-state index in [0.717, 1.165) is 31.6 Å². The van der Waals surface area contributed by atoms with E-state index in [1.807, 2.05) is 49.4 Å². The minimum Gasteiger partial charge on any atom is -0.324 e. The number of hydrogen-bond acceptors (Lipinski definition) is 5. The Balaban J connectivity index is 1.31. The monoisotopic (exact) mass is 467 g/mol. The molecule has 0 aliphatic carbocycles. The van der Waals surface area contributed by atoms with Gasteiger partial charge in [-0.05, 0) is 38.1 Å². The van der Waals surface area contributed by atoms with E-state index in [4.69, 9.17) is 4.98 Å². The molecule has 0 saturated heterocycles. The van der Waals surface area contributed by atoms with Crippen LogP contribution in [0.2, 0.25) is 0 Å². The number of fused-ring (bicyclic) bond motifs is 1. The van der Waals surface area contributed by atoms with Crippen molar-refractivity contribution in [2.24, 2.45) is 0 Å². The zero-order valence-electron chi connectivity index (χ0n) is 18.6. The third-order valence-corrected chi connectivity index (χ3v) is 6.86. The smallest absolute Gasteiger partial charge is 0.262 e. The summed E-state index contributed by atoms with van der Waals surface area (Å²) < 4.78 is 0. The molecule has 0 fully saturated rings. The van der Waals surface area contributed by atoms with Gasteiger partial charge in [-0.25, -0.2) is 4.98 Å². The summed E-state index contributed by atoms with van der Waals surface area (Å²) in [5.74, 6) is -1.34. The van der Waals surface area contributed by atoms with Crippen molar-refractivity contribution in [1.29, 1.82) is 0 Å². The van der Waals surface area contributed by atoms with Crippen molar-refractivity contribution < 1.29 is 14.4 Å². The second-order valence-corrected chi connectivity index (χ2v) is 9.26. The van der Waals surface area contributed by atoms with Gasteiger partial charge in [0.15, 0.2) is 0 Å². The summed E-state index contributed by atoms with van der Waals surface area (Å²) >= 11 is 1.64. The zero-order valence-corrected chi connectivity index (χ0v) is 19.4. The third-order valence-electron chi connectivity index (χ3n) is 5.84. The van der Waals surface area contributed by atoms with Crippen LogP contribution in [0, 0.1) is 6.92 Å². The fourth-order valence-corrected chi connectivity index (χ4v) is 4.94. The van der Waals surface area contributed by atoms with Crippen LogP contribution in [0.15, 0.2) is 78.9 Å². The first-order chi connectivity index (χ1) is 16.4. The second-order valence-electron chi connectivity index (χ2n) is 8.06. The largest absolute Gasteiger partial charge is 0.324 e. The number of amides is 3. The minimum absolute atomic E-state index is 0.324. The number of carbonyl (C=O) groups excluding carboxylic acids is 3. The number of aromatic nitrogens is 1. The van der Waals surface area contributed by atoms with Crippen LogP contribution in [-0.2, 0) is 4.79 Å². The molecule has 2 heterocycles. The van der Waals surface area contributed by atoms with E-state index in [-0.39, 0.29) is 0 Å². The highest BCUT2D eigenvalue weighted by Gasteiger charge is 2.40. The molecule has 1 atom stereocenters. The summed E-state index contributed by atoms with van der Waals surface area (Å²) in [5, 5.41) is 3.77. The van der Waals surface area contributed by atoms with Gasteiger partial charge in [-0.2, -0.15) is 0 Å². The molecule has 3 aromatic carbocycles.